The molecule has 1 aliphatic heterocycles. The van der Waals surface area contributed by atoms with Crippen molar-refractivity contribution in [3.05, 3.63) is 47.5 Å². The Balaban J connectivity index is 2.23. The summed E-state index contributed by atoms with van der Waals surface area (Å²) in [6, 6.07) is 6.59. The van der Waals surface area contributed by atoms with Crippen molar-refractivity contribution in [1.29, 1.82) is 0 Å². The molecule has 0 N–H and O–H groups in total. The molecule has 96 valence electrons. The third-order valence-corrected chi connectivity index (χ3v) is 3.86. The quantitative estimate of drug-likeness (QED) is 0.745. The van der Waals surface area contributed by atoms with Gasteiger partial charge < -0.3 is 4.90 Å². The van der Waals surface area contributed by atoms with E-state index in [1.54, 1.807) is 0 Å². The minimum atomic E-state index is 0.156. The van der Waals surface area contributed by atoms with Crippen LogP contribution in [0.2, 0.25) is 0 Å². The Bertz CT molecular complexity index is 478. The highest BCUT2D eigenvalue weighted by Crippen LogP contribution is 2.30. The number of carbonyl (C=O) groups excluding carboxylic acids is 1. The predicted molar refractivity (Wildman–Crippen MR) is 74.3 cm³/mol. The molecule has 0 spiro atoms. The van der Waals surface area contributed by atoms with E-state index >= 15 is 0 Å². The van der Waals surface area contributed by atoms with E-state index in [0.29, 0.717) is 12.3 Å². The number of nitrogens with zero attached hydrogens (tertiary/aromatic N) is 1. The molecule has 1 saturated heterocycles. The number of aryl methyl sites for hydroxylation is 2. The van der Waals surface area contributed by atoms with Gasteiger partial charge in [0, 0.05) is 18.9 Å². The second-order valence-electron chi connectivity index (χ2n) is 5.28. The Morgan fingerprint density at radius 1 is 1.44 bits per heavy atom. The molecule has 2 nitrogen and oxygen atoms in total. The molecule has 1 fully saturated rings. The molecule has 2 rings (SSSR count). The molecule has 1 aromatic carbocycles. The number of carbonyl (C=O) groups is 1. The molecule has 18 heavy (non-hydrogen) atoms. The van der Waals surface area contributed by atoms with Crippen molar-refractivity contribution in [2.75, 3.05) is 6.54 Å². The van der Waals surface area contributed by atoms with Gasteiger partial charge in [-0.15, -0.1) is 6.58 Å². The average Bonchev–Trinajstić information content (AvgIpc) is 2.70. The van der Waals surface area contributed by atoms with Crippen LogP contribution in [0.1, 0.15) is 36.1 Å². The lowest BCUT2D eigenvalue weighted by atomic mass is 9.99. The van der Waals surface area contributed by atoms with E-state index in [-0.39, 0.29) is 11.9 Å². The molecule has 2 atom stereocenters. The number of likely N-dealkylation sites (tertiary alicyclic amines) is 1. The summed E-state index contributed by atoms with van der Waals surface area (Å²) in [6.45, 7) is 10.9. The number of amides is 1. The molecule has 1 amide bonds. The maximum Gasteiger partial charge on any atom is 0.223 e. The lowest BCUT2D eigenvalue weighted by molar-refractivity contribution is -0.129. The topological polar surface area (TPSA) is 20.3 Å². The van der Waals surface area contributed by atoms with Crippen molar-refractivity contribution in [2.45, 2.75) is 33.2 Å². The lowest BCUT2D eigenvalue weighted by Gasteiger charge is -2.26. The maximum absolute atomic E-state index is 12.0. The van der Waals surface area contributed by atoms with Crippen LogP contribution in [0.4, 0.5) is 0 Å². The second kappa shape index (κ2) is 4.97. The minimum Gasteiger partial charge on any atom is -0.335 e. The molecular formula is C16H21NO. The van der Waals surface area contributed by atoms with Crippen molar-refractivity contribution >= 4 is 5.91 Å². The molecule has 1 aromatic rings. The summed E-state index contributed by atoms with van der Waals surface area (Å²) >= 11 is 0. The zero-order valence-electron chi connectivity index (χ0n) is 11.4. The van der Waals surface area contributed by atoms with Gasteiger partial charge in [-0.25, -0.2) is 0 Å². The van der Waals surface area contributed by atoms with Gasteiger partial charge in [0.05, 0.1) is 6.04 Å². The highest BCUT2D eigenvalue weighted by Gasteiger charge is 2.31. The molecule has 2 heteroatoms. The predicted octanol–water partition coefficient (Wildman–Crippen LogP) is 3.40. The average molecular weight is 243 g/mol. The third kappa shape index (κ3) is 2.33. The molecule has 0 aliphatic carbocycles. The van der Waals surface area contributed by atoms with Gasteiger partial charge in [-0.1, -0.05) is 29.8 Å². The highest BCUT2D eigenvalue weighted by molar-refractivity contribution is 5.79. The SMILES string of the molecule is C=CC1CC(=O)N(C(C)c2ccc(C)cc2C)C1. The van der Waals surface area contributed by atoms with Crippen LogP contribution in [0, 0.1) is 19.8 Å². The van der Waals surface area contributed by atoms with Crippen molar-refractivity contribution in [2.24, 2.45) is 5.92 Å². The van der Waals surface area contributed by atoms with Crippen LogP contribution in [0.3, 0.4) is 0 Å². The summed E-state index contributed by atoms with van der Waals surface area (Å²) < 4.78 is 0. The monoisotopic (exact) mass is 243 g/mol. The van der Waals surface area contributed by atoms with Crippen molar-refractivity contribution < 1.29 is 4.79 Å². The van der Waals surface area contributed by atoms with Crippen LogP contribution in [-0.4, -0.2) is 17.4 Å². The van der Waals surface area contributed by atoms with Crippen LogP contribution < -0.4 is 0 Å². The first kappa shape index (κ1) is 12.9. The Morgan fingerprint density at radius 2 is 2.17 bits per heavy atom. The third-order valence-electron chi connectivity index (χ3n) is 3.86. The molecule has 2 unspecified atom stereocenters. The molecule has 0 bridgehead atoms. The van der Waals surface area contributed by atoms with Gasteiger partial charge in [-0.3, -0.25) is 4.79 Å². The van der Waals surface area contributed by atoms with Gasteiger partial charge in [-0.2, -0.15) is 0 Å². The van der Waals surface area contributed by atoms with Crippen molar-refractivity contribution in [3.63, 3.8) is 0 Å². The lowest BCUT2D eigenvalue weighted by Crippen LogP contribution is -2.28. The maximum atomic E-state index is 12.0. The zero-order valence-corrected chi connectivity index (χ0v) is 11.4. The van der Waals surface area contributed by atoms with E-state index in [0.717, 1.165) is 6.54 Å². The van der Waals surface area contributed by atoms with Crippen LogP contribution in [0.5, 0.6) is 0 Å². The number of benzene rings is 1. The first-order chi connectivity index (χ1) is 8.52. The number of hydrogen-bond acceptors (Lipinski definition) is 1. The standard InChI is InChI=1S/C16H21NO/c1-5-14-9-16(18)17(10-14)13(4)15-7-6-11(2)8-12(15)3/h5-8,13-14H,1,9-10H2,2-4H3. The minimum absolute atomic E-state index is 0.156. The van der Waals surface area contributed by atoms with Gasteiger partial charge in [0.25, 0.3) is 0 Å². The highest BCUT2D eigenvalue weighted by atomic mass is 16.2. The molecule has 1 heterocycles. The van der Waals surface area contributed by atoms with E-state index in [1.165, 1.54) is 16.7 Å². The Morgan fingerprint density at radius 3 is 2.72 bits per heavy atom. The zero-order chi connectivity index (χ0) is 13.3. The Labute approximate surface area is 109 Å². The van der Waals surface area contributed by atoms with E-state index < -0.39 is 0 Å². The number of hydrogen-bond donors (Lipinski definition) is 0. The first-order valence-electron chi connectivity index (χ1n) is 6.52. The van der Waals surface area contributed by atoms with Crippen molar-refractivity contribution in [3.8, 4) is 0 Å². The molecular weight excluding hydrogens is 222 g/mol. The fourth-order valence-corrected chi connectivity index (χ4v) is 2.75. The molecule has 1 aliphatic rings. The normalized spacial score (nSPS) is 21.2. The largest absolute Gasteiger partial charge is 0.335 e. The summed E-state index contributed by atoms with van der Waals surface area (Å²) in [5.74, 6) is 0.554. The second-order valence-corrected chi connectivity index (χ2v) is 5.28. The van der Waals surface area contributed by atoms with Gasteiger partial charge in [-0.05, 0) is 31.9 Å². The fraction of sp³-hybridized carbons (Fsp3) is 0.438. The summed E-state index contributed by atoms with van der Waals surface area (Å²) in [4.78, 5) is 14.0. The Kier molecular flexibility index (Phi) is 3.55. The van der Waals surface area contributed by atoms with Crippen LogP contribution in [-0.2, 0) is 4.79 Å². The van der Waals surface area contributed by atoms with Gasteiger partial charge in [0.2, 0.25) is 5.91 Å². The smallest absolute Gasteiger partial charge is 0.223 e. The molecule has 0 aromatic heterocycles. The summed E-state index contributed by atoms with van der Waals surface area (Å²) in [7, 11) is 0. The van der Waals surface area contributed by atoms with Crippen LogP contribution in [0.15, 0.2) is 30.9 Å². The Hall–Kier alpha value is -1.57. The number of rotatable bonds is 3. The van der Waals surface area contributed by atoms with Crippen LogP contribution >= 0.6 is 0 Å². The van der Waals surface area contributed by atoms with Gasteiger partial charge in [0.15, 0.2) is 0 Å². The summed E-state index contributed by atoms with van der Waals surface area (Å²) in [5, 5.41) is 0. The summed E-state index contributed by atoms with van der Waals surface area (Å²) in [5.41, 5.74) is 3.77. The molecule has 0 saturated carbocycles. The van der Waals surface area contributed by atoms with E-state index in [2.05, 4.69) is 45.5 Å². The first-order valence-corrected chi connectivity index (χ1v) is 6.52. The van der Waals surface area contributed by atoms with E-state index in [9.17, 15) is 4.79 Å². The van der Waals surface area contributed by atoms with Gasteiger partial charge in [0.1, 0.15) is 0 Å². The summed E-state index contributed by atoms with van der Waals surface area (Å²) in [6.07, 6.45) is 2.51. The van der Waals surface area contributed by atoms with Crippen LogP contribution in [0.25, 0.3) is 0 Å². The van der Waals surface area contributed by atoms with E-state index in [1.807, 2.05) is 11.0 Å². The molecule has 0 radical (unpaired) electrons. The van der Waals surface area contributed by atoms with E-state index in [4.69, 9.17) is 0 Å². The fourth-order valence-electron chi connectivity index (χ4n) is 2.75. The van der Waals surface area contributed by atoms with Gasteiger partial charge >= 0.3 is 0 Å². The van der Waals surface area contributed by atoms with Crippen molar-refractivity contribution in [1.82, 2.24) is 4.90 Å².